The van der Waals surface area contributed by atoms with Crippen molar-refractivity contribution in [1.29, 1.82) is 0 Å². The van der Waals surface area contributed by atoms with E-state index in [1.165, 1.54) is 12.0 Å². The monoisotopic (exact) mass is 367 g/mol. The molecule has 1 aliphatic rings. The summed E-state index contributed by atoms with van der Waals surface area (Å²) in [6.45, 7) is 13.0. The number of hydrogen-bond donors (Lipinski definition) is 0. The van der Waals surface area contributed by atoms with Crippen molar-refractivity contribution in [1.82, 2.24) is 9.88 Å². The quantitative estimate of drug-likeness (QED) is 0.680. The van der Waals surface area contributed by atoms with Gasteiger partial charge in [0.15, 0.2) is 0 Å². The van der Waals surface area contributed by atoms with Crippen molar-refractivity contribution in [3.63, 3.8) is 0 Å². The van der Waals surface area contributed by atoms with E-state index >= 15 is 0 Å². The van der Waals surface area contributed by atoms with E-state index in [0.29, 0.717) is 0 Å². The summed E-state index contributed by atoms with van der Waals surface area (Å²) in [5.41, 5.74) is 1.54. The zero-order valence-corrected chi connectivity index (χ0v) is 17.0. The van der Waals surface area contributed by atoms with Crippen LogP contribution in [0.4, 0.5) is 5.82 Å². The molecule has 4 nitrogen and oxygen atoms in total. The minimum Gasteiger partial charge on any atom is -0.494 e. The molecule has 2 aromatic rings. The Morgan fingerprint density at radius 1 is 0.926 bits per heavy atom. The molecule has 146 valence electrons. The van der Waals surface area contributed by atoms with E-state index in [0.717, 1.165) is 57.3 Å². The Morgan fingerprint density at radius 3 is 2.30 bits per heavy atom. The summed E-state index contributed by atoms with van der Waals surface area (Å²) in [6, 6.07) is 14.7. The van der Waals surface area contributed by atoms with E-state index in [-0.39, 0.29) is 5.41 Å². The number of aromatic nitrogens is 1. The molecule has 1 aromatic heterocycles. The number of hydrogen-bond acceptors (Lipinski definition) is 4. The van der Waals surface area contributed by atoms with Crippen molar-refractivity contribution >= 4 is 5.82 Å². The highest BCUT2D eigenvalue weighted by atomic mass is 16.5. The van der Waals surface area contributed by atoms with Gasteiger partial charge in [-0.05, 0) is 54.6 Å². The molecule has 1 saturated heterocycles. The summed E-state index contributed by atoms with van der Waals surface area (Å²) in [4.78, 5) is 9.38. The van der Waals surface area contributed by atoms with E-state index in [4.69, 9.17) is 4.74 Å². The summed E-state index contributed by atoms with van der Waals surface area (Å²) in [5, 5.41) is 0. The van der Waals surface area contributed by atoms with Gasteiger partial charge in [0.05, 0.1) is 6.61 Å². The third kappa shape index (κ3) is 5.96. The third-order valence-electron chi connectivity index (χ3n) is 5.20. The predicted octanol–water partition coefficient (Wildman–Crippen LogP) is 4.36. The maximum absolute atomic E-state index is 5.90. The fourth-order valence-electron chi connectivity index (χ4n) is 3.42. The Bertz CT molecular complexity index is 671. The highest BCUT2D eigenvalue weighted by Gasteiger charge is 2.17. The van der Waals surface area contributed by atoms with Crippen LogP contribution in [0.2, 0.25) is 0 Å². The van der Waals surface area contributed by atoms with Crippen LogP contribution < -0.4 is 9.64 Å². The Hall–Kier alpha value is -2.07. The Labute approximate surface area is 164 Å². The minimum absolute atomic E-state index is 0.194. The molecule has 0 saturated carbocycles. The summed E-state index contributed by atoms with van der Waals surface area (Å²) >= 11 is 0. The zero-order valence-electron chi connectivity index (χ0n) is 17.0. The lowest BCUT2D eigenvalue weighted by atomic mass is 9.87. The second kappa shape index (κ2) is 9.23. The van der Waals surface area contributed by atoms with Crippen molar-refractivity contribution in [2.24, 2.45) is 0 Å². The molecule has 0 aliphatic carbocycles. The molecule has 0 radical (unpaired) electrons. The van der Waals surface area contributed by atoms with E-state index < -0.39 is 0 Å². The molecule has 1 aliphatic heterocycles. The summed E-state index contributed by atoms with van der Waals surface area (Å²) in [7, 11) is 0. The van der Waals surface area contributed by atoms with Crippen LogP contribution in [0.5, 0.6) is 5.75 Å². The second-order valence-electron chi connectivity index (χ2n) is 8.35. The number of unbranched alkanes of at least 4 members (excludes halogenated alkanes) is 1. The van der Waals surface area contributed by atoms with Crippen LogP contribution >= 0.6 is 0 Å². The molecule has 0 spiro atoms. The average molecular weight is 368 g/mol. The van der Waals surface area contributed by atoms with Crippen LogP contribution in [-0.2, 0) is 5.41 Å². The summed E-state index contributed by atoms with van der Waals surface area (Å²) in [6.07, 6.45) is 4.16. The number of piperazine rings is 1. The molecule has 0 bridgehead atoms. The number of nitrogens with zero attached hydrogens (tertiary/aromatic N) is 3. The van der Waals surface area contributed by atoms with Gasteiger partial charge in [0.25, 0.3) is 0 Å². The van der Waals surface area contributed by atoms with Crippen LogP contribution in [0.1, 0.15) is 39.2 Å². The average Bonchev–Trinajstić information content (AvgIpc) is 2.69. The molecule has 0 N–H and O–H groups in total. The number of benzene rings is 1. The highest BCUT2D eigenvalue weighted by Crippen LogP contribution is 2.24. The van der Waals surface area contributed by atoms with Gasteiger partial charge in [-0.15, -0.1) is 0 Å². The first-order valence-corrected chi connectivity index (χ1v) is 10.1. The smallest absolute Gasteiger partial charge is 0.128 e. The minimum atomic E-state index is 0.194. The molecule has 0 amide bonds. The first kappa shape index (κ1) is 19.7. The molecule has 1 aromatic carbocycles. The van der Waals surface area contributed by atoms with E-state index in [9.17, 15) is 0 Å². The van der Waals surface area contributed by atoms with Crippen molar-refractivity contribution < 1.29 is 4.74 Å². The molecule has 0 unspecified atom stereocenters. The van der Waals surface area contributed by atoms with E-state index in [1.54, 1.807) is 0 Å². The lowest BCUT2D eigenvalue weighted by Gasteiger charge is -2.35. The SMILES string of the molecule is CC(C)(C)c1ccc(OCCCCN2CCN(c3ccccn3)CC2)cc1. The molecule has 4 heteroatoms. The van der Waals surface area contributed by atoms with Gasteiger partial charge < -0.3 is 9.64 Å². The van der Waals surface area contributed by atoms with Gasteiger partial charge in [0, 0.05) is 32.4 Å². The van der Waals surface area contributed by atoms with E-state index in [2.05, 4.69) is 72.0 Å². The van der Waals surface area contributed by atoms with E-state index in [1.807, 2.05) is 12.3 Å². The molecule has 1 fully saturated rings. The molecular weight excluding hydrogens is 334 g/mol. The molecule has 2 heterocycles. The largest absolute Gasteiger partial charge is 0.494 e. The predicted molar refractivity (Wildman–Crippen MR) is 113 cm³/mol. The maximum atomic E-state index is 5.90. The number of pyridine rings is 1. The van der Waals surface area contributed by atoms with Crippen molar-refractivity contribution in [3.05, 3.63) is 54.2 Å². The fourth-order valence-corrected chi connectivity index (χ4v) is 3.42. The summed E-state index contributed by atoms with van der Waals surface area (Å²) < 4.78 is 5.90. The second-order valence-corrected chi connectivity index (χ2v) is 8.35. The van der Waals surface area contributed by atoms with Gasteiger partial charge in [-0.25, -0.2) is 4.98 Å². The highest BCUT2D eigenvalue weighted by molar-refractivity contribution is 5.38. The van der Waals surface area contributed by atoms with Gasteiger partial charge in [0.1, 0.15) is 11.6 Å². The number of ether oxygens (including phenoxy) is 1. The van der Waals surface area contributed by atoms with Gasteiger partial charge >= 0.3 is 0 Å². The zero-order chi connectivity index (χ0) is 19.1. The Morgan fingerprint density at radius 2 is 1.67 bits per heavy atom. The van der Waals surface area contributed by atoms with Crippen LogP contribution in [0.3, 0.4) is 0 Å². The normalized spacial score (nSPS) is 15.7. The lowest BCUT2D eigenvalue weighted by Crippen LogP contribution is -2.46. The van der Waals surface area contributed by atoms with Crippen molar-refractivity contribution in [2.45, 2.75) is 39.0 Å². The van der Waals surface area contributed by atoms with Crippen LogP contribution in [-0.4, -0.2) is 49.2 Å². The number of anilines is 1. The van der Waals surface area contributed by atoms with Gasteiger partial charge in [-0.1, -0.05) is 39.0 Å². The van der Waals surface area contributed by atoms with Crippen LogP contribution in [0, 0.1) is 0 Å². The Kier molecular flexibility index (Phi) is 6.73. The van der Waals surface area contributed by atoms with Crippen molar-refractivity contribution in [2.75, 3.05) is 44.2 Å². The van der Waals surface area contributed by atoms with Gasteiger partial charge in [0.2, 0.25) is 0 Å². The first-order chi connectivity index (χ1) is 13.0. The maximum Gasteiger partial charge on any atom is 0.128 e. The molecule has 0 atom stereocenters. The molecular formula is C23H33N3O. The summed E-state index contributed by atoms with van der Waals surface area (Å²) in [5.74, 6) is 2.08. The van der Waals surface area contributed by atoms with Crippen molar-refractivity contribution in [3.8, 4) is 5.75 Å². The van der Waals surface area contributed by atoms with Gasteiger partial charge in [-0.2, -0.15) is 0 Å². The first-order valence-electron chi connectivity index (χ1n) is 10.1. The molecule has 3 rings (SSSR count). The standard InChI is InChI=1S/C23H33N3O/c1-23(2,3)20-9-11-21(12-10-20)27-19-7-6-14-25-15-17-26(18-16-25)22-8-4-5-13-24-22/h4-5,8-13H,6-7,14-19H2,1-3H3. The lowest BCUT2D eigenvalue weighted by molar-refractivity contribution is 0.238. The number of rotatable bonds is 7. The Balaban J connectivity index is 1.30. The van der Waals surface area contributed by atoms with Crippen LogP contribution in [0.15, 0.2) is 48.7 Å². The topological polar surface area (TPSA) is 28.6 Å². The fraction of sp³-hybridized carbons (Fsp3) is 0.522. The van der Waals surface area contributed by atoms with Gasteiger partial charge in [-0.3, -0.25) is 4.90 Å². The molecule has 27 heavy (non-hydrogen) atoms. The third-order valence-corrected chi connectivity index (χ3v) is 5.20. The van der Waals surface area contributed by atoms with Crippen LogP contribution in [0.25, 0.3) is 0 Å².